The fraction of sp³-hybridized carbons (Fsp3) is 0.533. The van der Waals surface area contributed by atoms with Crippen LogP contribution in [0.1, 0.15) is 32.3 Å². The molecule has 1 atom stereocenters. The Kier molecular flexibility index (Phi) is 4.20. The Hall–Kier alpha value is -1.42. The summed E-state index contributed by atoms with van der Waals surface area (Å²) in [7, 11) is 0. The normalized spacial score (nSPS) is 17.8. The molecule has 1 fully saturated rings. The smallest absolute Gasteiger partial charge is 0.330 e. The number of hydrogen-bond donors (Lipinski definition) is 1. The highest BCUT2D eigenvalue weighted by molar-refractivity contribution is 5.82. The number of ether oxygens (including phenoxy) is 1. The summed E-state index contributed by atoms with van der Waals surface area (Å²) in [4.78, 5) is 12.2. The molecule has 0 aromatic heterocycles. The topological polar surface area (TPSA) is 38.3 Å². The molecule has 3 nitrogen and oxygen atoms in total. The summed E-state index contributed by atoms with van der Waals surface area (Å²) < 4.78 is 18.5. The zero-order valence-electron chi connectivity index (χ0n) is 11.4. The number of carbonyl (C=O) groups is 1. The Morgan fingerprint density at radius 2 is 2.26 bits per heavy atom. The van der Waals surface area contributed by atoms with E-state index < -0.39 is 5.54 Å². The summed E-state index contributed by atoms with van der Waals surface area (Å²) >= 11 is 0. The van der Waals surface area contributed by atoms with E-state index in [1.54, 1.807) is 26.0 Å². The molecular weight excluding hydrogens is 245 g/mol. The second-order valence-electron chi connectivity index (χ2n) is 5.18. The minimum absolute atomic E-state index is 0.314. The van der Waals surface area contributed by atoms with Crippen molar-refractivity contribution in [2.75, 3.05) is 13.2 Å². The average Bonchev–Trinajstić information content (AvgIpc) is 3.20. The molecule has 0 aliphatic heterocycles. The number of nitrogens with one attached hydrogen (secondary N) is 1. The highest BCUT2D eigenvalue weighted by atomic mass is 19.1. The third-order valence-corrected chi connectivity index (χ3v) is 3.53. The molecule has 1 aliphatic carbocycles. The second kappa shape index (κ2) is 5.70. The van der Waals surface area contributed by atoms with Gasteiger partial charge in [-0.3, -0.25) is 5.32 Å². The van der Waals surface area contributed by atoms with Crippen molar-refractivity contribution in [1.82, 2.24) is 5.32 Å². The maximum absolute atomic E-state index is 13.4. The van der Waals surface area contributed by atoms with Crippen LogP contribution in [0.2, 0.25) is 0 Å². The first-order chi connectivity index (χ1) is 9.06. The first kappa shape index (κ1) is 14.0. The molecule has 4 heteroatoms. The van der Waals surface area contributed by atoms with Crippen molar-refractivity contribution < 1.29 is 13.9 Å². The highest BCUT2D eigenvalue weighted by Crippen LogP contribution is 2.30. The van der Waals surface area contributed by atoms with Crippen molar-refractivity contribution in [3.8, 4) is 0 Å². The van der Waals surface area contributed by atoms with E-state index in [0.29, 0.717) is 18.1 Å². The van der Waals surface area contributed by atoms with Gasteiger partial charge >= 0.3 is 5.97 Å². The van der Waals surface area contributed by atoms with Crippen molar-refractivity contribution >= 4 is 5.97 Å². The summed E-state index contributed by atoms with van der Waals surface area (Å²) in [5, 5.41) is 3.24. The third-order valence-electron chi connectivity index (χ3n) is 3.53. The van der Waals surface area contributed by atoms with Gasteiger partial charge in [-0.15, -0.1) is 0 Å². The monoisotopic (exact) mass is 265 g/mol. The molecule has 1 unspecified atom stereocenters. The van der Waals surface area contributed by atoms with Crippen LogP contribution in [0, 0.1) is 11.7 Å². The standard InChI is InChI=1S/C15H20FNO2/c1-3-19-14(18)15(2,17-10-11-7-8-11)12-5-4-6-13(16)9-12/h4-6,9,11,17H,3,7-8,10H2,1-2H3. The van der Waals surface area contributed by atoms with Crippen molar-refractivity contribution in [2.45, 2.75) is 32.2 Å². The average molecular weight is 265 g/mol. The molecule has 19 heavy (non-hydrogen) atoms. The van der Waals surface area contributed by atoms with Crippen molar-refractivity contribution in [1.29, 1.82) is 0 Å². The largest absolute Gasteiger partial charge is 0.464 e. The fourth-order valence-electron chi connectivity index (χ4n) is 2.04. The van der Waals surface area contributed by atoms with E-state index >= 15 is 0 Å². The van der Waals surface area contributed by atoms with Crippen molar-refractivity contribution in [3.05, 3.63) is 35.6 Å². The van der Waals surface area contributed by atoms with E-state index in [1.807, 2.05) is 0 Å². The lowest BCUT2D eigenvalue weighted by atomic mass is 9.91. The molecule has 104 valence electrons. The quantitative estimate of drug-likeness (QED) is 0.803. The van der Waals surface area contributed by atoms with Gasteiger partial charge in [0, 0.05) is 0 Å². The molecule has 0 bridgehead atoms. The number of esters is 1. The van der Waals surface area contributed by atoms with Crippen LogP contribution < -0.4 is 5.32 Å². The van der Waals surface area contributed by atoms with Gasteiger partial charge in [0.1, 0.15) is 11.4 Å². The molecule has 1 aromatic rings. The minimum Gasteiger partial charge on any atom is -0.464 e. The Balaban J connectivity index is 2.22. The van der Waals surface area contributed by atoms with Crippen LogP contribution >= 0.6 is 0 Å². The number of hydrogen-bond acceptors (Lipinski definition) is 3. The maximum Gasteiger partial charge on any atom is 0.330 e. The molecule has 0 heterocycles. The predicted octanol–water partition coefficient (Wildman–Crippen LogP) is 2.60. The van der Waals surface area contributed by atoms with Crippen LogP contribution in [0.3, 0.4) is 0 Å². The Morgan fingerprint density at radius 3 is 2.84 bits per heavy atom. The van der Waals surface area contributed by atoms with E-state index in [4.69, 9.17) is 4.74 Å². The molecule has 2 rings (SSSR count). The summed E-state index contributed by atoms with van der Waals surface area (Å²) in [5.41, 5.74) is -0.382. The fourth-order valence-corrected chi connectivity index (χ4v) is 2.04. The number of rotatable bonds is 6. The van der Waals surface area contributed by atoms with Gasteiger partial charge in [-0.05, 0) is 56.8 Å². The lowest BCUT2D eigenvalue weighted by Crippen LogP contribution is -2.48. The molecular formula is C15H20FNO2. The third kappa shape index (κ3) is 3.32. The lowest BCUT2D eigenvalue weighted by molar-refractivity contribution is -0.151. The summed E-state index contributed by atoms with van der Waals surface area (Å²) in [6.07, 6.45) is 2.38. The van der Waals surface area contributed by atoms with E-state index in [1.165, 1.54) is 25.0 Å². The zero-order chi connectivity index (χ0) is 13.9. The molecule has 1 saturated carbocycles. The van der Waals surface area contributed by atoms with Gasteiger partial charge in [0.15, 0.2) is 0 Å². The summed E-state index contributed by atoms with van der Waals surface area (Å²) in [5.74, 6) is -0.0789. The van der Waals surface area contributed by atoms with Gasteiger partial charge in [-0.1, -0.05) is 12.1 Å². The predicted molar refractivity (Wildman–Crippen MR) is 71.1 cm³/mol. The first-order valence-electron chi connectivity index (χ1n) is 6.74. The number of benzene rings is 1. The Labute approximate surface area is 113 Å². The minimum atomic E-state index is -0.985. The van der Waals surface area contributed by atoms with Gasteiger partial charge in [0.25, 0.3) is 0 Å². The molecule has 1 aromatic carbocycles. The molecule has 0 amide bonds. The van der Waals surface area contributed by atoms with Crippen LogP contribution in [0.15, 0.2) is 24.3 Å². The molecule has 1 N–H and O–H groups in total. The maximum atomic E-state index is 13.4. The van der Waals surface area contributed by atoms with Crippen LogP contribution in [-0.4, -0.2) is 19.1 Å². The van der Waals surface area contributed by atoms with Gasteiger partial charge in [-0.2, -0.15) is 0 Å². The van der Waals surface area contributed by atoms with Crippen LogP contribution in [0.5, 0.6) is 0 Å². The molecule has 0 spiro atoms. The van der Waals surface area contributed by atoms with E-state index in [-0.39, 0.29) is 11.8 Å². The van der Waals surface area contributed by atoms with E-state index in [0.717, 1.165) is 6.54 Å². The molecule has 0 saturated heterocycles. The van der Waals surface area contributed by atoms with Gasteiger partial charge < -0.3 is 4.74 Å². The SMILES string of the molecule is CCOC(=O)C(C)(NCC1CC1)c1cccc(F)c1. The van der Waals surface area contributed by atoms with Gasteiger partial charge in [0.2, 0.25) is 0 Å². The highest BCUT2D eigenvalue weighted by Gasteiger charge is 2.38. The van der Waals surface area contributed by atoms with Crippen LogP contribution in [0.4, 0.5) is 4.39 Å². The zero-order valence-corrected chi connectivity index (χ0v) is 11.4. The summed E-state index contributed by atoms with van der Waals surface area (Å²) in [6, 6.07) is 6.12. The van der Waals surface area contributed by atoms with Gasteiger partial charge in [0.05, 0.1) is 6.61 Å². The van der Waals surface area contributed by atoms with Crippen LogP contribution in [-0.2, 0) is 15.1 Å². The van der Waals surface area contributed by atoms with Gasteiger partial charge in [-0.25, -0.2) is 9.18 Å². The molecule has 0 radical (unpaired) electrons. The van der Waals surface area contributed by atoms with E-state index in [2.05, 4.69) is 5.32 Å². The number of halogens is 1. The number of carbonyl (C=O) groups excluding carboxylic acids is 1. The summed E-state index contributed by atoms with van der Waals surface area (Å²) in [6.45, 7) is 4.59. The Bertz CT molecular complexity index is 459. The van der Waals surface area contributed by atoms with Crippen LogP contribution in [0.25, 0.3) is 0 Å². The Morgan fingerprint density at radius 1 is 1.53 bits per heavy atom. The van der Waals surface area contributed by atoms with Crippen molar-refractivity contribution in [2.24, 2.45) is 5.92 Å². The first-order valence-corrected chi connectivity index (χ1v) is 6.74. The lowest BCUT2D eigenvalue weighted by Gasteiger charge is -2.29. The van der Waals surface area contributed by atoms with Crippen molar-refractivity contribution in [3.63, 3.8) is 0 Å². The molecule has 1 aliphatic rings. The van der Waals surface area contributed by atoms with E-state index in [9.17, 15) is 9.18 Å². The second-order valence-corrected chi connectivity index (χ2v) is 5.18.